The van der Waals surface area contributed by atoms with Crippen molar-refractivity contribution in [2.45, 2.75) is 31.9 Å². The minimum Gasteiger partial charge on any atom is -0.485 e. The third-order valence-electron chi connectivity index (χ3n) is 5.88. The zero-order chi connectivity index (χ0) is 19.8. The summed E-state index contributed by atoms with van der Waals surface area (Å²) in [7, 11) is 0. The molecule has 8 heteroatoms. The van der Waals surface area contributed by atoms with Crippen LogP contribution in [0.2, 0.25) is 0 Å². The van der Waals surface area contributed by atoms with Crippen LogP contribution in [0.1, 0.15) is 28.9 Å². The predicted octanol–water partition coefficient (Wildman–Crippen LogP) is 1.34. The number of hydrogen-bond donors (Lipinski definition) is 0. The van der Waals surface area contributed by atoms with Crippen LogP contribution < -0.4 is 9.47 Å². The Kier molecular flexibility index (Phi) is 4.61. The van der Waals surface area contributed by atoms with E-state index in [0.717, 1.165) is 31.5 Å². The van der Waals surface area contributed by atoms with Gasteiger partial charge in [-0.15, -0.1) is 0 Å². The molecule has 1 unspecified atom stereocenters. The molecule has 3 aliphatic rings. The molecule has 2 aromatic rings. The summed E-state index contributed by atoms with van der Waals surface area (Å²) in [5.41, 5.74) is 1.76. The minimum absolute atomic E-state index is 0.0198. The Bertz CT molecular complexity index is 933. The Morgan fingerprint density at radius 1 is 0.966 bits per heavy atom. The maximum Gasteiger partial charge on any atom is 0.267 e. The van der Waals surface area contributed by atoms with Gasteiger partial charge in [0.2, 0.25) is 6.10 Å². The molecule has 5 rings (SSSR count). The van der Waals surface area contributed by atoms with Crippen LogP contribution >= 0.6 is 0 Å². The predicted molar refractivity (Wildman–Crippen MR) is 104 cm³/mol. The van der Waals surface area contributed by atoms with Gasteiger partial charge in [0.05, 0.1) is 17.5 Å². The molecule has 1 aromatic heterocycles. The van der Waals surface area contributed by atoms with Gasteiger partial charge in [0.25, 0.3) is 11.8 Å². The lowest BCUT2D eigenvalue weighted by atomic mass is 10.1. The third kappa shape index (κ3) is 3.32. The number of hydrogen-bond acceptors (Lipinski definition) is 5. The number of aromatic nitrogens is 2. The summed E-state index contributed by atoms with van der Waals surface area (Å²) in [4.78, 5) is 29.4. The Labute approximate surface area is 169 Å². The standard InChI is InChI=1S/C21H24N4O4/c26-20(15-13-22-25-8-4-3-5-16(15)25)23-9-11-24(12-10-23)21(27)19-14-28-17-6-1-2-7-18(17)29-19/h1-2,6-7,13,19H,3-5,8-12,14H2. The van der Waals surface area contributed by atoms with E-state index in [-0.39, 0.29) is 18.4 Å². The fourth-order valence-corrected chi connectivity index (χ4v) is 4.24. The number of ether oxygens (including phenoxy) is 2. The number of benzene rings is 1. The summed E-state index contributed by atoms with van der Waals surface area (Å²) in [5.74, 6) is 1.19. The first-order valence-corrected chi connectivity index (χ1v) is 10.2. The van der Waals surface area contributed by atoms with Gasteiger partial charge in [-0.2, -0.15) is 5.10 Å². The third-order valence-corrected chi connectivity index (χ3v) is 5.88. The van der Waals surface area contributed by atoms with Crippen molar-refractivity contribution in [2.24, 2.45) is 0 Å². The minimum atomic E-state index is -0.644. The average molecular weight is 396 g/mol. The van der Waals surface area contributed by atoms with Crippen molar-refractivity contribution in [1.82, 2.24) is 19.6 Å². The Morgan fingerprint density at radius 3 is 2.55 bits per heavy atom. The lowest BCUT2D eigenvalue weighted by molar-refractivity contribution is -0.142. The zero-order valence-corrected chi connectivity index (χ0v) is 16.2. The van der Waals surface area contributed by atoms with Crippen molar-refractivity contribution in [3.63, 3.8) is 0 Å². The highest BCUT2D eigenvalue weighted by molar-refractivity contribution is 5.95. The maximum absolute atomic E-state index is 13.0. The molecule has 1 saturated heterocycles. The van der Waals surface area contributed by atoms with Crippen LogP contribution in [0.5, 0.6) is 11.5 Å². The molecule has 1 atom stereocenters. The van der Waals surface area contributed by atoms with E-state index >= 15 is 0 Å². The Morgan fingerprint density at radius 2 is 1.72 bits per heavy atom. The topological polar surface area (TPSA) is 76.9 Å². The van der Waals surface area contributed by atoms with Crippen LogP contribution in [0, 0.1) is 0 Å². The van der Waals surface area contributed by atoms with Gasteiger partial charge in [-0.3, -0.25) is 14.3 Å². The zero-order valence-electron chi connectivity index (χ0n) is 16.2. The van der Waals surface area contributed by atoms with Crippen LogP contribution in [0.4, 0.5) is 0 Å². The van der Waals surface area contributed by atoms with Crippen LogP contribution in [0.25, 0.3) is 0 Å². The first kappa shape index (κ1) is 18.0. The molecular formula is C21H24N4O4. The number of rotatable bonds is 2. The second kappa shape index (κ2) is 7.42. The van der Waals surface area contributed by atoms with Gasteiger partial charge in [0.15, 0.2) is 11.5 Å². The number of carbonyl (C=O) groups is 2. The smallest absolute Gasteiger partial charge is 0.267 e. The molecule has 0 bridgehead atoms. The van der Waals surface area contributed by atoms with Crippen LogP contribution in [0.15, 0.2) is 30.5 Å². The van der Waals surface area contributed by atoms with Crippen molar-refractivity contribution in [1.29, 1.82) is 0 Å². The number of nitrogens with zero attached hydrogens (tertiary/aromatic N) is 4. The van der Waals surface area contributed by atoms with E-state index in [1.807, 2.05) is 27.8 Å². The average Bonchev–Trinajstić information content (AvgIpc) is 3.22. The van der Waals surface area contributed by atoms with E-state index < -0.39 is 6.10 Å². The number of piperazine rings is 1. The summed E-state index contributed by atoms with van der Waals surface area (Å²) >= 11 is 0. The molecule has 29 heavy (non-hydrogen) atoms. The van der Waals surface area contributed by atoms with E-state index in [1.165, 1.54) is 0 Å². The molecule has 3 aliphatic heterocycles. The highest BCUT2D eigenvalue weighted by atomic mass is 16.6. The van der Waals surface area contributed by atoms with Crippen LogP contribution in [-0.2, 0) is 17.8 Å². The number of fused-ring (bicyclic) bond motifs is 2. The monoisotopic (exact) mass is 396 g/mol. The Balaban J connectivity index is 1.20. The normalized spacial score (nSPS) is 20.9. The van der Waals surface area contributed by atoms with Crippen molar-refractivity contribution in [3.8, 4) is 11.5 Å². The number of aryl methyl sites for hydroxylation is 1. The van der Waals surface area contributed by atoms with Gasteiger partial charge in [-0.25, -0.2) is 0 Å². The van der Waals surface area contributed by atoms with Crippen LogP contribution in [-0.4, -0.2) is 70.3 Å². The molecule has 0 aliphatic carbocycles. The first-order valence-electron chi connectivity index (χ1n) is 10.2. The SMILES string of the molecule is O=C(c1cnn2c1CCCC2)N1CCN(C(=O)C2COc3ccccc3O2)CC1. The fourth-order valence-electron chi connectivity index (χ4n) is 4.24. The van der Waals surface area contributed by atoms with Crippen molar-refractivity contribution < 1.29 is 19.1 Å². The highest BCUT2D eigenvalue weighted by Gasteiger charge is 2.34. The van der Waals surface area contributed by atoms with Crippen LogP contribution in [0.3, 0.4) is 0 Å². The van der Waals surface area contributed by atoms with Crippen molar-refractivity contribution in [3.05, 3.63) is 41.7 Å². The van der Waals surface area contributed by atoms with Gasteiger partial charge in [0, 0.05) is 32.7 Å². The van der Waals surface area contributed by atoms with Gasteiger partial charge < -0.3 is 19.3 Å². The fraction of sp³-hybridized carbons (Fsp3) is 0.476. The number of para-hydroxylation sites is 2. The molecule has 0 radical (unpaired) electrons. The first-order chi connectivity index (χ1) is 14.2. The quantitative estimate of drug-likeness (QED) is 0.766. The van der Waals surface area contributed by atoms with E-state index in [4.69, 9.17) is 9.47 Å². The van der Waals surface area contributed by atoms with Gasteiger partial charge in [-0.05, 0) is 31.4 Å². The molecule has 8 nitrogen and oxygen atoms in total. The molecule has 0 saturated carbocycles. The van der Waals surface area contributed by atoms with Gasteiger partial charge in [-0.1, -0.05) is 12.1 Å². The van der Waals surface area contributed by atoms with E-state index in [2.05, 4.69) is 5.10 Å². The lowest BCUT2D eigenvalue weighted by Gasteiger charge is -2.37. The molecule has 0 spiro atoms. The maximum atomic E-state index is 13.0. The molecule has 1 aromatic carbocycles. The van der Waals surface area contributed by atoms with Gasteiger partial charge in [0.1, 0.15) is 6.61 Å². The van der Waals surface area contributed by atoms with E-state index in [1.54, 1.807) is 17.2 Å². The highest BCUT2D eigenvalue weighted by Crippen LogP contribution is 2.31. The van der Waals surface area contributed by atoms with Crippen molar-refractivity contribution in [2.75, 3.05) is 32.8 Å². The summed E-state index contributed by atoms with van der Waals surface area (Å²) < 4.78 is 13.5. The summed E-state index contributed by atoms with van der Waals surface area (Å²) in [6, 6.07) is 7.36. The molecule has 4 heterocycles. The molecule has 152 valence electrons. The van der Waals surface area contributed by atoms with Gasteiger partial charge >= 0.3 is 0 Å². The molecular weight excluding hydrogens is 372 g/mol. The molecule has 1 fully saturated rings. The largest absolute Gasteiger partial charge is 0.485 e. The number of amides is 2. The Hall–Kier alpha value is -3.03. The molecule has 2 amide bonds. The lowest BCUT2D eigenvalue weighted by Crippen LogP contribution is -2.55. The summed E-state index contributed by atoms with van der Waals surface area (Å²) in [6.07, 6.45) is 4.17. The van der Waals surface area contributed by atoms with E-state index in [9.17, 15) is 9.59 Å². The van der Waals surface area contributed by atoms with Crippen molar-refractivity contribution >= 4 is 11.8 Å². The van der Waals surface area contributed by atoms with E-state index in [0.29, 0.717) is 43.2 Å². The molecule has 0 N–H and O–H groups in total. The summed E-state index contributed by atoms with van der Waals surface area (Å²) in [6.45, 7) is 3.11. The second-order valence-corrected chi connectivity index (χ2v) is 7.67. The second-order valence-electron chi connectivity index (χ2n) is 7.67. The number of carbonyl (C=O) groups excluding carboxylic acids is 2. The summed E-state index contributed by atoms with van der Waals surface area (Å²) in [5, 5.41) is 4.37.